The molecule has 0 N–H and O–H groups in total. The molecule has 0 radical (unpaired) electrons. The quantitative estimate of drug-likeness (QED) is 0.515. The second kappa shape index (κ2) is 7.06. The predicted octanol–water partition coefficient (Wildman–Crippen LogP) is 5.15. The van der Waals surface area contributed by atoms with E-state index in [0.29, 0.717) is 11.4 Å². The van der Waals surface area contributed by atoms with Gasteiger partial charge in [0.15, 0.2) is 5.78 Å². The minimum Gasteiger partial charge on any atom is -0.294 e. The molecule has 0 spiro atoms. The van der Waals surface area contributed by atoms with Gasteiger partial charge in [-0.3, -0.25) is 4.79 Å². The Kier molecular flexibility index (Phi) is 5.40. The molecule has 0 fully saturated rings. The summed E-state index contributed by atoms with van der Waals surface area (Å²) in [5.74, 6) is 0.169. The molecule has 2 rings (SSSR count). The number of rotatable bonds is 5. The third-order valence-electron chi connectivity index (χ3n) is 2.94. The molecular weight excluding hydrogens is 371 g/mol. The van der Waals surface area contributed by atoms with E-state index in [4.69, 9.17) is 11.6 Å². The highest BCUT2D eigenvalue weighted by Crippen LogP contribution is 2.20. The van der Waals surface area contributed by atoms with Gasteiger partial charge in [0.05, 0.1) is 0 Å². The summed E-state index contributed by atoms with van der Waals surface area (Å²) >= 11 is 8.11. The normalized spacial score (nSPS) is 10.4. The van der Waals surface area contributed by atoms with Gasteiger partial charge < -0.3 is 0 Å². The fourth-order valence-corrected chi connectivity index (χ4v) is 2.75. The van der Waals surface area contributed by atoms with Crippen LogP contribution < -0.4 is 0 Å². The molecule has 0 amide bonds. The van der Waals surface area contributed by atoms with E-state index in [1.807, 2.05) is 30.3 Å². The van der Waals surface area contributed by atoms with Crippen LogP contribution in [0.1, 0.15) is 28.8 Å². The van der Waals surface area contributed by atoms with Gasteiger partial charge in [-0.25, -0.2) is 0 Å². The van der Waals surface area contributed by atoms with Crippen molar-refractivity contribution in [2.45, 2.75) is 19.3 Å². The lowest BCUT2D eigenvalue weighted by atomic mass is 10.0. The van der Waals surface area contributed by atoms with Crippen molar-refractivity contribution in [3.8, 4) is 0 Å². The van der Waals surface area contributed by atoms with Gasteiger partial charge in [0.2, 0.25) is 0 Å². The number of ketones is 1. The van der Waals surface area contributed by atoms with E-state index in [1.54, 1.807) is 6.07 Å². The zero-order chi connectivity index (χ0) is 13.7. The average molecular weight is 385 g/mol. The Hall–Kier alpha value is -0.870. The molecule has 0 heterocycles. The molecule has 3 heteroatoms. The fourth-order valence-electron chi connectivity index (χ4n) is 1.94. The van der Waals surface area contributed by atoms with Crippen LogP contribution in [0.2, 0.25) is 5.02 Å². The molecule has 0 saturated carbocycles. The van der Waals surface area contributed by atoms with E-state index in [0.717, 1.165) is 22.0 Å². The lowest BCUT2D eigenvalue weighted by Crippen LogP contribution is -2.02. The summed E-state index contributed by atoms with van der Waals surface area (Å²) in [7, 11) is 0. The van der Waals surface area contributed by atoms with Crippen LogP contribution in [0.5, 0.6) is 0 Å². The SMILES string of the molecule is O=C(CCCc1ccccc1)c1cc(Cl)ccc1I. The van der Waals surface area contributed by atoms with E-state index < -0.39 is 0 Å². The zero-order valence-electron chi connectivity index (χ0n) is 10.4. The largest absolute Gasteiger partial charge is 0.294 e. The lowest BCUT2D eigenvalue weighted by molar-refractivity contribution is 0.0979. The first-order valence-electron chi connectivity index (χ1n) is 6.19. The number of aryl methyl sites for hydroxylation is 1. The summed E-state index contributed by atoms with van der Waals surface area (Å²) in [5, 5.41) is 0.617. The Morgan fingerprint density at radius 3 is 2.58 bits per heavy atom. The van der Waals surface area contributed by atoms with E-state index in [9.17, 15) is 4.79 Å². The second-order valence-electron chi connectivity index (χ2n) is 4.39. The van der Waals surface area contributed by atoms with Gasteiger partial charge in [-0.15, -0.1) is 0 Å². The summed E-state index contributed by atoms with van der Waals surface area (Å²) in [5.41, 5.74) is 2.01. The van der Waals surface area contributed by atoms with Gasteiger partial charge in [0.25, 0.3) is 0 Å². The second-order valence-corrected chi connectivity index (χ2v) is 5.99. The van der Waals surface area contributed by atoms with Crippen LogP contribution in [0.4, 0.5) is 0 Å². The van der Waals surface area contributed by atoms with Gasteiger partial charge in [-0.2, -0.15) is 0 Å². The first-order valence-corrected chi connectivity index (χ1v) is 7.64. The predicted molar refractivity (Wildman–Crippen MR) is 87.9 cm³/mol. The maximum absolute atomic E-state index is 12.1. The molecule has 0 unspecified atom stereocenters. The standard InChI is InChI=1S/C16H14ClIO/c17-13-9-10-15(18)14(11-13)16(19)8-4-7-12-5-2-1-3-6-12/h1-3,5-6,9-11H,4,7-8H2. The molecule has 98 valence electrons. The Bertz CT molecular complexity index is 566. The smallest absolute Gasteiger partial charge is 0.164 e. The molecule has 0 bridgehead atoms. The Balaban J connectivity index is 1.93. The first kappa shape index (κ1) is 14.5. The maximum Gasteiger partial charge on any atom is 0.164 e. The van der Waals surface area contributed by atoms with Gasteiger partial charge in [0, 0.05) is 20.6 Å². The number of hydrogen-bond donors (Lipinski definition) is 0. The molecule has 0 saturated heterocycles. The highest BCUT2D eigenvalue weighted by Gasteiger charge is 2.10. The third kappa shape index (κ3) is 4.32. The minimum absolute atomic E-state index is 0.169. The fraction of sp³-hybridized carbons (Fsp3) is 0.188. The number of Topliss-reactive ketones (excluding diaryl/α,β-unsaturated/α-hetero) is 1. The van der Waals surface area contributed by atoms with Crippen LogP contribution in [-0.2, 0) is 6.42 Å². The topological polar surface area (TPSA) is 17.1 Å². The first-order chi connectivity index (χ1) is 9.16. The Morgan fingerprint density at radius 2 is 1.84 bits per heavy atom. The molecule has 0 aliphatic heterocycles. The molecule has 1 nitrogen and oxygen atoms in total. The number of carbonyl (C=O) groups is 1. The van der Waals surface area contributed by atoms with Crippen LogP contribution in [0.3, 0.4) is 0 Å². The molecule has 19 heavy (non-hydrogen) atoms. The maximum atomic E-state index is 12.1. The van der Waals surface area contributed by atoms with Gasteiger partial charge >= 0.3 is 0 Å². The number of halogens is 2. The van der Waals surface area contributed by atoms with Crippen molar-refractivity contribution in [3.05, 3.63) is 68.3 Å². The van der Waals surface area contributed by atoms with Crippen molar-refractivity contribution in [1.29, 1.82) is 0 Å². The van der Waals surface area contributed by atoms with Crippen LogP contribution in [-0.4, -0.2) is 5.78 Å². The Morgan fingerprint density at radius 1 is 1.11 bits per heavy atom. The highest BCUT2D eigenvalue weighted by molar-refractivity contribution is 14.1. The van der Waals surface area contributed by atoms with E-state index >= 15 is 0 Å². The summed E-state index contributed by atoms with van der Waals surface area (Å²) in [6, 6.07) is 15.7. The van der Waals surface area contributed by atoms with Gasteiger partial charge in [0.1, 0.15) is 0 Å². The molecule has 0 aliphatic carbocycles. The monoisotopic (exact) mass is 384 g/mol. The van der Waals surface area contributed by atoms with Gasteiger partial charge in [-0.1, -0.05) is 41.9 Å². The number of benzene rings is 2. The van der Waals surface area contributed by atoms with Crippen molar-refractivity contribution in [2.24, 2.45) is 0 Å². The van der Waals surface area contributed by atoms with E-state index in [-0.39, 0.29) is 5.78 Å². The van der Waals surface area contributed by atoms with Crippen LogP contribution in [0.15, 0.2) is 48.5 Å². The van der Waals surface area contributed by atoms with Crippen LogP contribution in [0.25, 0.3) is 0 Å². The lowest BCUT2D eigenvalue weighted by Gasteiger charge is -2.05. The van der Waals surface area contributed by atoms with Gasteiger partial charge in [-0.05, 0) is 59.2 Å². The zero-order valence-corrected chi connectivity index (χ0v) is 13.3. The number of hydrogen-bond acceptors (Lipinski definition) is 1. The summed E-state index contributed by atoms with van der Waals surface area (Å²) in [4.78, 5) is 12.1. The summed E-state index contributed by atoms with van der Waals surface area (Å²) in [6.07, 6.45) is 2.36. The highest BCUT2D eigenvalue weighted by atomic mass is 127. The minimum atomic E-state index is 0.169. The van der Waals surface area contributed by atoms with Crippen molar-refractivity contribution in [1.82, 2.24) is 0 Å². The average Bonchev–Trinajstić information content (AvgIpc) is 2.42. The molecule has 0 aromatic heterocycles. The van der Waals surface area contributed by atoms with Crippen molar-refractivity contribution < 1.29 is 4.79 Å². The van der Waals surface area contributed by atoms with E-state index in [2.05, 4.69) is 34.7 Å². The molecule has 0 atom stereocenters. The molecular formula is C16H14ClIO. The summed E-state index contributed by atoms with van der Waals surface area (Å²) < 4.78 is 0.965. The van der Waals surface area contributed by atoms with Crippen LogP contribution in [0, 0.1) is 3.57 Å². The van der Waals surface area contributed by atoms with E-state index in [1.165, 1.54) is 5.56 Å². The summed E-state index contributed by atoms with van der Waals surface area (Å²) in [6.45, 7) is 0. The molecule has 0 aliphatic rings. The Labute approximate surface area is 132 Å². The van der Waals surface area contributed by atoms with Crippen molar-refractivity contribution in [2.75, 3.05) is 0 Å². The van der Waals surface area contributed by atoms with Crippen LogP contribution >= 0.6 is 34.2 Å². The number of carbonyl (C=O) groups excluding carboxylic acids is 1. The third-order valence-corrected chi connectivity index (χ3v) is 4.12. The molecule has 2 aromatic rings. The van der Waals surface area contributed by atoms with Crippen molar-refractivity contribution in [3.63, 3.8) is 0 Å². The molecule has 2 aromatic carbocycles. The van der Waals surface area contributed by atoms with Crippen molar-refractivity contribution >= 4 is 40.0 Å².